The van der Waals surface area contributed by atoms with Crippen LogP contribution in [0.4, 0.5) is 0 Å². The highest BCUT2D eigenvalue weighted by molar-refractivity contribution is 7.09. The summed E-state index contributed by atoms with van der Waals surface area (Å²) in [6, 6.07) is 0. The Morgan fingerprint density at radius 2 is 2.07 bits per heavy atom. The third-order valence-corrected chi connectivity index (χ3v) is 6.92. The minimum atomic E-state index is 0.0891. The van der Waals surface area contributed by atoms with Crippen LogP contribution in [0.1, 0.15) is 63.4 Å². The van der Waals surface area contributed by atoms with Crippen molar-refractivity contribution in [3.05, 3.63) is 21.6 Å². The molecule has 5 nitrogen and oxygen atoms in total. The quantitative estimate of drug-likeness (QED) is 0.791. The maximum absolute atomic E-state index is 12.7. The standard InChI is InChI=1S/C21H30N4OS/c1-4-24-19-16-12-22-25(13-14(2)3)17(16)10-11-18(19)27-21(24)23-20(26)15-8-6-5-7-9-15/h12,14-15H,4-11,13H2,1-3H3. The number of amides is 1. The summed E-state index contributed by atoms with van der Waals surface area (Å²) in [4.78, 5) is 19.6. The lowest BCUT2D eigenvalue weighted by Crippen LogP contribution is -2.22. The van der Waals surface area contributed by atoms with E-state index >= 15 is 0 Å². The number of hydrogen-bond acceptors (Lipinski definition) is 3. The predicted octanol–water partition coefficient (Wildman–Crippen LogP) is 4.20. The van der Waals surface area contributed by atoms with Gasteiger partial charge >= 0.3 is 0 Å². The summed E-state index contributed by atoms with van der Waals surface area (Å²) < 4.78 is 4.41. The van der Waals surface area contributed by atoms with Crippen LogP contribution in [0.2, 0.25) is 0 Å². The van der Waals surface area contributed by atoms with Crippen molar-refractivity contribution in [2.45, 2.75) is 78.8 Å². The number of aromatic nitrogens is 3. The number of thiazole rings is 1. The Morgan fingerprint density at radius 1 is 1.30 bits per heavy atom. The predicted molar refractivity (Wildman–Crippen MR) is 109 cm³/mol. The van der Waals surface area contributed by atoms with Crippen LogP contribution in [-0.4, -0.2) is 20.3 Å². The molecule has 2 aliphatic carbocycles. The fourth-order valence-electron chi connectivity index (χ4n) is 4.44. The molecule has 0 saturated heterocycles. The van der Waals surface area contributed by atoms with Crippen LogP contribution in [0.15, 0.2) is 11.2 Å². The number of aryl methyl sites for hydroxylation is 1. The Bertz CT molecular complexity index is 896. The van der Waals surface area contributed by atoms with Crippen molar-refractivity contribution in [2.75, 3.05) is 0 Å². The summed E-state index contributed by atoms with van der Waals surface area (Å²) in [6.45, 7) is 8.39. The molecule has 1 saturated carbocycles. The molecule has 0 aromatic carbocycles. The molecule has 0 unspecified atom stereocenters. The number of fused-ring (bicyclic) bond motifs is 3. The van der Waals surface area contributed by atoms with Crippen molar-refractivity contribution in [3.8, 4) is 11.3 Å². The number of rotatable bonds is 4. The van der Waals surface area contributed by atoms with Crippen molar-refractivity contribution in [1.29, 1.82) is 0 Å². The van der Waals surface area contributed by atoms with E-state index in [1.165, 1.54) is 41.1 Å². The zero-order valence-corrected chi connectivity index (χ0v) is 17.5. The summed E-state index contributed by atoms with van der Waals surface area (Å²) in [7, 11) is 0. The molecule has 1 amide bonds. The van der Waals surface area contributed by atoms with Gasteiger partial charge < -0.3 is 4.57 Å². The van der Waals surface area contributed by atoms with Gasteiger partial charge in [-0.15, -0.1) is 11.3 Å². The van der Waals surface area contributed by atoms with Crippen LogP contribution in [0, 0.1) is 11.8 Å². The monoisotopic (exact) mass is 386 g/mol. The Labute approximate surface area is 165 Å². The summed E-state index contributed by atoms with van der Waals surface area (Å²) >= 11 is 1.70. The lowest BCUT2D eigenvalue weighted by atomic mass is 9.89. The Balaban J connectivity index is 1.73. The molecule has 0 bridgehead atoms. The molecule has 2 heterocycles. The van der Waals surface area contributed by atoms with E-state index in [1.807, 2.05) is 6.20 Å². The van der Waals surface area contributed by atoms with Crippen molar-refractivity contribution in [1.82, 2.24) is 14.3 Å². The molecule has 1 fully saturated rings. The summed E-state index contributed by atoms with van der Waals surface area (Å²) in [5.41, 5.74) is 3.82. The topological polar surface area (TPSA) is 52.2 Å². The molecule has 2 aliphatic rings. The van der Waals surface area contributed by atoms with Gasteiger partial charge in [0.1, 0.15) is 0 Å². The average molecular weight is 387 g/mol. The summed E-state index contributed by atoms with van der Waals surface area (Å²) in [6.07, 6.45) is 9.66. The minimum Gasteiger partial charge on any atom is -0.316 e. The van der Waals surface area contributed by atoms with Gasteiger partial charge in [-0.3, -0.25) is 9.48 Å². The van der Waals surface area contributed by atoms with Crippen molar-refractivity contribution in [3.63, 3.8) is 0 Å². The third kappa shape index (κ3) is 3.56. The first-order valence-electron chi connectivity index (χ1n) is 10.4. The SMILES string of the molecule is CCn1c2c(sc1=NC(=O)C1CCCCC1)CCc1c-2cnn1CC(C)C. The van der Waals surface area contributed by atoms with Crippen LogP contribution in [0.25, 0.3) is 11.3 Å². The molecule has 0 spiro atoms. The van der Waals surface area contributed by atoms with Crippen LogP contribution in [-0.2, 0) is 30.7 Å². The highest BCUT2D eigenvalue weighted by Gasteiger charge is 2.27. The number of hydrogen-bond donors (Lipinski definition) is 0. The maximum atomic E-state index is 12.7. The van der Waals surface area contributed by atoms with Gasteiger partial charge in [0.05, 0.1) is 11.9 Å². The summed E-state index contributed by atoms with van der Waals surface area (Å²) in [5, 5.41) is 4.67. The highest BCUT2D eigenvalue weighted by atomic mass is 32.1. The second kappa shape index (κ2) is 7.74. The molecule has 6 heteroatoms. The largest absolute Gasteiger partial charge is 0.316 e. The van der Waals surface area contributed by atoms with Gasteiger partial charge in [0.2, 0.25) is 0 Å². The van der Waals surface area contributed by atoms with Gasteiger partial charge in [-0.25, -0.2) is 0 Å². The van der Waals surface area contributed by atoms with Gasteiger partial charge in [0.15, 0.2) is 4.80 Å². The summed E-state index contributed by atoms with van der Waals surface area (Å²) in [5.74, 6) is 0.800. The molecule has 0 aliphatic heterocycles. The van der Waals surface area contributed by atoms with Gasteiger partial charge in [-0.2, -0.15) is 10.1 Å². The number of nitrogens with zero attached hydrogens (tertiary/aromatic N) is 4. The van der Waals surface area contributed by atoms with E-state index in [-0.39, 0.29) is 11.8 Å². The van der Waals surface area contributed by atoms with E-state index in [0.29, 0.717) is 5.92 Å². The molecular formula is C21H30N4OS. The Hall–Kier alpha value is -1.69. The first-order chi connectivity index (χ1) is 13.1. The van der Waals surface area contributed by atoms with E-state index in [2.05, 4.69) is 40.1 Å². The van der Waals surface area contributed by atoms with Gasteiger partial charge in [-0.1, -0.05) is 33.1 Å². The van der Waals surface area contributed by atoms with Crippen LogP contribution < -0.4 is 4.80 Å². The molecule has 2 aromatic heterocycles. The second-order valence-corrected chi connectivity index (χ2v) is 9.33. The molecule has 0 N–H and O–H groups in total. The zero-order valence-electron chi connectivity index (χ0n) is 16.7. The minimum absolute atomic E-state index is 0.0891. The van der Waals surface area contributed by atoms with Gasteiger partial charge in [-0.05, 0) is 38.5 Å². The fourth-order valence-corrected chi connectivity index (χ4v) is 5.65. The first kappa shape index (κ1) is 18.7. The van der Waals surface area contributed by atoms with Gasteiger partial charge in [0, 0.05) is 35.1 Å². The molecule has 2 aromatic rings. The zero-order chi connectivity index (χ0) is 19.0. The van der Waals surface area contributed by atoms with Crippen LogP contribution in [0.5, 0.6) is 0 Å². The average Bonchev–Trinajstić information content (AvgIpc) is 3.22. The number of carbonyl (C=O) groups excluding carboxylic acids is 1. The smallest absolute Gasteiger partial charge is 0.251 e. The normalized spacial score (nSPS) is 18.0. The van der Waals surface area contributed by atoms with Crippen LogP contribution in [0.3, 0.4) is 0 Å². The van der Waals surface area contributed by atoms with E-state index in [9.17, 15) is 4.79 Å². The molecule has 146 valence electrons. The lowest BCUT2D eigenvalue weighted by molar-refractivity contribution is -0.122. The molecule has 27 heavy (non-hydrogen) atoms. The molecular weight excluding hydrogens is 356 g/mol. The molecule has 0 radical (unpaired) electrons. The highest BCUT2D eigenvalue weighted by Crippen LogP contribution is 2.35. The fraction of sp³-hybridized carbons (Fsp3) is 0.667. The van der Waals surface area contributed by atoms with Crippen molar-refractivity contribution >= 4 is 17.2 Å². The molecule has 0 atom stereocenters. The first-order valence-corrected chi connectivity index (χ1v) is 11.3. The maximum Gasteiger partial charge on any atom is 0.251 e. The Kier molecular flexibility index (Phi) is 5.35. The molecule has 4 rings (SSSR count). The Morgan fingerprint density at radius 3 is 2.78 bits per heavy atom. The van der Waals surface area contributed by atoms with Crippen molar-refractivity contribution < 1.29 is 4.79 Å². The van der Waals surface area contributed by atoms with Gasteiger partial charge in [0.25, 0.3) is 5.91 Å². The lowest BCUT2D eigenvalue weighted by Gasteiger charge is -2.18. The van der Waals surface area contributed by atoms with Crippen LogP contribution >= 0.6 is 11.3 Å². The number of carbonyl (C=O) groups is 1. The van der Waals surface area contributed by atoms with Crippen molar-refractivity contribution in [2.24, 2.45) is 16.8 Å². The third-order valence-electron chi connectivity index (χ3n) is 5.79. The van der Waals surface area contributed by atoms with E-state index in [1.54, 1.807) is 11.3 Å². The van der Waals surface area contributed by atoms with E-state index < -0.39 is 0 Å². The van der Waals surface area contributed by atoms with E-state index in [0.717, 1.165) is 43.6 Å². The van der Waals surface area contributed by atoms with E-state index in [4.69, 9.17) is 0 Å². The second-order valence-electron chi connectivity index (χ2n) is 8.27.